The van der Waals surface area contributed by atoms with Gasteiger partial charge in [-0.25, -0.2) is 4.98 Å². The topological polar surface area (TPSA) is 58.7 Å². The van der Waals surface area contributed by atoms with E-state index in [9.17, 15) is 4.79 Å². The van der Waals surface area contributed by atoms with Gasteiger partial charge in [-0.05, 0) is 29.1 Å². The molecule has 0 bridgehead atoms. The SMILES string of the molecule is C=CCn1c(SCc2cccc(C#N)c2)nc2scc(-c3cccs3)c2c1=O. The van der Waals surface area contributed by atoms with Crippen molar-refractivity contribution in [1.29, 1.82) is 5.26 Å². The Labute approximate surface area is 174 Å². The lowest BCUT2D eigenvalue weighted by Gasteiger charge is -2.10. The van der Waals surface area contributed by atoms with Crippen LogP contribution < -0.4 is 5.56 Å². The van der Waals surface area contributed by atoms with Crippen molar-refractivity contribution >= 4 is 44.7 Å². The minimum Gasteiger partial charge on any atom is -0.283 e. The third-order valence-corrected chi connectivity index (χ3v) is 7.00. The van der Waals surface area contributed by atoms with Gasteiger partial charge in [-0.3, -0.25) is 9.36 Å². The largest absolute Gasteiger partial charge is 0.283 e. The van der Waals surface area contributed by atoms with Gasteiger partial charge in [0.05, 0.1) is 17.0 Å². The predicted octanol–water partition coefficient (Wildman–Crippen LogP) is 5.54. The molecule has 4 nitrogen and oxygen atoms in total. The first-order chi connectivity index (χ1) is 13.7. The van der Waals surface area contributed by atoms with E-state index in [1.54, 1.807) is 28.0 Å². The van der Waals surface area contributed by atoms with Gasteiger partial charge in [0.15, 0.2) is 5.16 Å². The highest BCUT2D eigenvalue weighted by Gasteiger charge is 2.17. The molecule has 0 amide bonds. The van der Waals surface area contributed by atoms with E-state index in [-0.39, 0.29) is 5.56 Å². The van der Waals surface area contributed by atoms with Crippen LogP contribution >= 0.6 is 34.4 Å². The van der Waals surface area contributed by atoms with Crippen LogP contribution in [0.2, 0.25) is 0 Å². The Hall–Kier alpha value is -2.66. The fraction of sp³-hybridized carbons (Fsp3) is 0.0952. The zero-order valence-corrected chi connectivity index (χ0v) is 17.2. The third-order valence-electron chi connectivity index (χ3n) is 4.18. The number of thioether (sulfide) groups is 1. The highest BCUT2D eigenvalue weighted by atomic mass is 32.2. The molecular formula is C21H15N3OS3. The van der Waals surface area contributed by atoms with Crippen LogP contribution in [0.15, 0.2) is 69.8 Å². The van der Waals surface area contributed by atoms with Crippen molar-refractivity contribution in [2.45, 2.75) is 17.5 Å². The average Bonchev–Trinajstić information content (AvgIpc) is 3.38. The Morgan fingerprint density at radius 2 is 2.18 bits per heavy atom. The number of benzene rings is 1. The summed E-state index contributed by atoms with van der Waals surface area (Å²) in [6.45, 7) is 4.20. The van der Waals surface area contributed by atoms with E-state index < -0.39 is 0 Å². The fourth-order valence-corrected chi connectivity index (χ4v) is 5.65. The van der Waals surface area contributed by atoms with Gasteiger partial charge >= 0.3 is 0 Å². The van der Waals surface area contributed by atoms with Crippen LogP contribution in [0.1, 0.15) is 11.1 Å². The molecule has 0 saturated heterocycles. The summed E-state index contributed by atoms with van der Waals surface area (Å²) in [6.07, 6.45) is 1.71. The molecule has 0 unspecified atom stereocenters. The number of nitrogens with zero attached hydrogens (tertiary/aromatic N) is 3. The summed E-state index contributed by atoms with van der Waals surface area (Å²) < 4.78 is 1.68. The van der Waals surface area contributed by atoms with Crippen molar-refractivity contribution in [3.63, 3.8) is 0 Å². The molecule has 0 fully saturated rings. The highest BCUT2D eigenvalue weighted by molar-refractivity contribution is 7.98. The molecule has 3 aromatic heterocycles. The zero-order chi connectivity index (χ0) is 19.5. The van der Waals surface area contributed by atoms with Crippen LogP contribution in [0.4, 0.5) is 0 Å². The Bertz CT molecular complexity index is 1250. The molecule has 0 atom stereocenters. The van der Waals surface area contributed by atoms with Gasteiger partial charge in [-0.1, -0.05) is 36.0 Å². The van der Waals surface area contributed by atoms with Gasteiger partial charge in [0, 0.05) is 28.1 Å². The number of allylic oxidation sites excluding steroid dienone is 1. The Morgan fingerprint density at radius 3 is 2.93 bits per heavy atom. The zero-order valence-electron chi connectivity index (χ0n) is 14.8. The first-order valence-electron chi connectivity index (χ1n) is 8.50. The van der Waals surface area contributed by atoms with Crippen LogP contribution in [0.25, 0.3) is 20.7 Å². The number of aromatic nitrogens is 2. The van der Waals surface area contributed by atoms with Crippen molar-refractivity contribution in [3.8, 4) is 16.5 Å². The molecule has 0 N–H and O–H groups in total. The molecule has 4 rings (SSSR count). The van der Waals surface area contributed by atoms with E-state index in [4.69, 9.17) is 10.2 Å². The number of thiophene rings is 2. The maximum absolute atomic E-state index is 13.3. The molecule has 28 heavy (non-hydrogen) atoms. The summed E-state index contributed by atoms with van der Waals surface area (Å²) in [5.74, 6) is 0.633. The molecule has 0 radical (unpaired) electrons. The van der Waals surface area contributed by atoms with E-state index in [1.807, 2.05) is 41.1 Å². The van der Waals surface area contributed by atoms with Crippen LogP contribution in [0, 0.1) is 11.3 Å². The van der Waals surface area contributed by atoms with Crippen molar-refractivity contribution in [1.82, 2.24) is 9.55 Å². The van der Waals surface area contributed by atoms with Crippen LogP contribution in [-0.4, -0.2) is 9.55 Å². The number of rotatable bonds is 6. The van der Waals surface area contributed by atoms with E-state index >= 15 is 0 Å². The van der Waals surface area contributed by atoms with Crippen molar-refractivity contribution < 1.29 is 0 Å². The van der Waals surface area contributed by atoms with Gasteiger partial charge in [0.2, 0.25) is 0 Å². The summed E-state index contributed by atoms with van der Waals surface area (Å²) in [5, 5.41) is 14.4. The molecular weight excluding hydrogens is 406 g/mol. The molecule has 138 valence electrons. The summed E-state index contributed by atoms with van der Waals surface area (Å²) in [4.78, 5) is 19.9. The predicted molar refractivity (Wildman–Crippen MR) is 118 cm³/mol. The molecule has 0 aliphatic heterocycles. The molecule has 0 aliphatic rings. The first kappa shape index (κ1) is 18.7. The summed E-state index contributed by atoms with van der Waals surface area (Å²) in [6, 6.07) is 13.7. The lowest BCUT2D eigenvalue weighted by atomic mass is 10.2. The van der Waals surface area contributed by atoms with Crippen LogP contribution in [0.5, 0.6) is 0 Å². The maximum Gasteiger partial charge on any atom is 0.263 e. The van der Waals surface area contributed by atoms with E-state index in [0.717, 1.165) is 20.8 Å². The molecule has 4 aromatic rings. The summed E-state index contributed by atoms with van der Waals surface area (Å²) >= 11 is 4.61. The van der Waals surface area contributed by atoms with Gasteiger partial charge in [0.25, 0.3) is 5.56 Å². The molecule has 1 aromatic carbocycles. The quantitative estimate of drug-likeness (QED) is 0.233. The minimum atomic E-state index is -0.0391. The molecule has 7 heteroatoms. The van der Waals surface area contributed by atoms with E-state index in [0.29, 0.717) is 28.4 Å². The van der Waals surface area contributed by atoms with Crippen molar-refractivity contribution in [2.75, 3.05) is 0 Å². The lowest BCUT2D eigenvalue weighted by Crippen LogP contribution is -2.22. The van der Waals surface area contributed by atoms with Crippen molar-refractivity contribution in [2.24, 2.45) is 0 Å². The van der Waals surface area contributed by atoms with Crippen LogP contribution in [-0.2, 0) is 12.3 Å². The van der Waals surface area contributed by atoms with Gasteiger partial charge < -0.3 is 0 Å². The summed E-state index contributed by atoms with van der Waals surface area (Å²) in [7, 11) is 0. The Morgan fingerprint density at radius 1 is 1.29 bits per heavy atom. The average molecular weight is 422 g/mol. The first-order valence-corrected chi connectivity index (χ1v) is 11.2. The normalized spacial score (nSPS) is 10.8. The van der Waals surface area contributed by atoms with Crippen LogP contribution in [0.3, 0.4) is 0 Å². The fourth-order valence-electron chi connectivity index (χ4n) is 2.90. The second kappa shape index (κ2) is 8.15. The van der Waals surface area contributed by atoms with Crippen molar-refractivity contribution in [3.05, 3.63) is 81.3 Å². The van der Waals surface area contributed by atoms with Gasteiger partial charge in [-0.2, -0.15) is 5.26 Å². The molecule has 0 saturated carbocycles. The maximum atomic E-state index is 13.3. The lowest BCUT2D eigenvalue weighted by molar-refractivity contribution is 0.673. The summed E-state index contributed by atoms with van der Waals surface area (Å²) in [5.41, 5.74) is 2.56. The minimum absolute atomic E-state index is 0.0391. The van der Waals surface area contributed by atoms with Gasteiger partial charge in [-0.15, -0.1) is 29.3 Å². The Kier molecular flexibility index (Phi) is 5.44. The van der Waals surface area contributed by atoms with Gasteiger partial charge in [0.1, 0.15) is 4.83 Å². The number of nitriles is 1. The molecule has 0 spiro atoms. The second-order valence-electron chi connectivity index (χ2n) is 6.01. The molecule has 0 aliphatic carbocycles. The number of fused-ring (bicyclic) bond motifs is 1. The van der Waals surface area contributed by atoms with E-state index in [2.05, 4.69) is 12.6 Å². The number of hydrogen-bond acceptors (Lipinski definition) is 6. The molecule has 3 heterocycles. The second-order valence-corrected chi connectivity index (χ2v) is 8.75. The Balaban J connectivity index is 1.76. The standard InChI is InChI=1S/C21H15N3OS3/c1-2-8-24-20(25)18-16(17-7-4-9-26-17)13-27-19(18)23-21(24)28-12-15-6-3-5-14(10-15)11-22/h2-7,9-10,13H,1,8,12H2. The monoisotopic (exact) mass is 421 g/mol. The smallest absolute Gasteiger partial charge is 0.263 e. The highest BCUT2D eigenvalue weighted by Crippen LogP contribution is 2.35. The number of hydrogen-bond donors (Lipinski definition) is 0. The third kappa shape index (κ3) is 3.54. The van der Waals surface area contributed by atoms with E-state index in [1.165, 1.54) is 23.1 Å².